The second-order valence-corrected chi connectivity index (χ2v) is 6.74. The third kappa shape index (κ3) is 3.81. The second-order valence-electron chi connectivity index (χ2n) is 6.74. The summed E-state index contributed by atoms with van der Waals surface area (Å²) >= 11 is 0. The van der Waals surface area contributed by atoms with Crippen molar-refractivity contribution in [3.63, 3.8) is 0 Å². The van der Waals surface area contributed by atoms with Crippen molar-refractivity contribution in [3.05, 3.63) is 65.3 Å². The Kier molecular flexibility index (Phi) is 6.19. The number of unbranched alkanes of at least 4 members (excludes halogenated alkanes) is 1. The van der Waals surface area contributed by atoms with Crippen LogP contribution in [0.15, 0.2) is 58.4 Å². The van der Waals surface area contributed by atoms with E-state index in [1.54, 1.807) is 6.07 Å². The molecular formula is C22H25NO5. The number of carbonyl (C=O) groups is 2. The number of amides is 1. The molecule has 148 valence electrons. The molecule has 1 unspecified atom stereocenters. The molecule has 6 nitrogen and oxygen atoms in total. The zero-order chi connectivity index (χ0) is 20.1. The lowest BCUT2D eigenvalue weighted by Crippen LogP contribution is -2.31. The Bertz CT molecular complexity index is 852. The number of benzene rings is 1. The lowest BCUT2D eigenvalue weighted by molar-refractivity contribution is -0.129. The molecule has 1 N–H and O–H groups in total. The number of ether oxygens (including phenoxy) is 1. The van der Waals surface area contributed by atoms with Gasteiger partial charge in [-0.25, -0.2) is 0 Å². The van der Waals surface area contributed by atoms with E-state index in [1.165, 1.54) is 17.2 Å². The zero-order valence-electron chi connectivity index (χ0n) is 16.2. The summed E-state index contributed by atoms with van der Waals surface area (Å²) < 4.78 is 10.9. The van der Waals surface area contributed by atoms with Crippen LogP contribution in [-0.4, -0.2) is 34.8 Å². The molecule has 0 spiro atoms. The molecular weight excluding hydrogens is 358 g/mol. The van der Waals surface area contributed by atoms with Crippen molar-refractivity contribution in [1.29, 1.82) is 0 Å². The third-order valence-electron chi connectivity index (χ3n) is 4.72. The molecule has 0 saturated carbocycles. The van der Waals surface area contributed by atoms with Crippen LogP contribution in [-0.2, 0) is 4.79 Å². The number of hydrogen-bond donors (Lipinski definition) is 1. The van der Waals surface area contributed by atoms with E-state index in [0.717, 1.165) is 24.2 Å². The zero-order valence-corrected chi connectivity index (χ0v) is 16.2. The van der Waals surface area contributed by atoms with Crippen LogP contribution in [0.5, 0.6) is 5.75 Å². The summed E-state index contributed by atoms with van der Waals surface area (Å²) in [5.41, 5.74) is 0.789. The minimum atomic E-state index is -0.658. The third-order valence-corrected chi connectivity index (χ3v) is 4.72. The molecule has 2 aromatic rings. The summed E-state index contributed by atoms with van der Waals surface area (Å²) in [5.74, 6) is -0.705. The Balaban J connectivity index is 1.94. The number of hydrogen-bond acceptors (Lipinski definition) is 5. The summed E-state index contributed by atoms with van der Waals surface area (Å²) in [5, 5.41) is 10.5. The van der Waals surface area contributed by atoms with Crippen molar-refractivity contribution in [2.24, 2.45) is 0 Å². The highest BCUT2D eigenvalue weighted by Gasteiger charge is 2.43. The first kappa shape index (κ1) is 19.7. The molecule has 0 fully saturated rings. The van der Waals surface area contributed by atoms with Crippen LogP contribution < -0.4 is 4.74 Å². The topological polar surface area (TPSA) is 80.0 Å². The van der Waals surface area contributed by atoms with Crippen LogP contribution in [0.3, 0.4) is 0 Å². The molecule has 0 saturated heterocycles. The van der Waals surface area contributed by atoms with Crippen molar-refractivity contribution in [1.82, 2.24) is 4.90 Å². The first-order valence-electron chi connectivity index (χ1n) is 9.63. The predicted molar refractivity (Wildman–Crippen MR) is 104 cm³/mol. The van der Waals surface area contributed by atoms with Gasteiger partial charge in [0, 0.05) is 6.54 Å². The summed E-state index contributed by atoms with van der Waals surface area (Å²) in [7, 11) is 0. The molecule has 1 amide bonds. The highest BCUT2D eigenvalue weighted by Crippen LogP contribution is 2.39. The average Bonchev–Trinajstić information content (AvgIpc) is 3.32. The molecule has 2 heterocycles. The number of aliphatic hydroxyl groups excluding tert-OH is 1. The molecule has 0 aliphatic carbocycles. The van der Waals surface area contributed by atoms with Gasteiger partial charge in [0.2, 0.25) is 5.78 Å². The normalized spacial score (nSPS) is 16.7. The Morgan fingerprint density at radius 3 is 2.54 bits per heavy atom. The van der Waals surface area contributed by atoms with E-state index in [9.17, 15) is 14.7 Å². The lowest BCUT2D eigenvalue weighted by Gasteiger charge is -2.26. The van der Waals surface area contributed by atoms with E-state index >= 15 is 0 Å². The fourth-order valence-electron chi connectivity index (χ4n) is 3.32. The van der Waals surface area contributed by atoms with Crippen molar-refractivity contribution < 1.29 is 23.8 Å². The smallest absolute Gasteiger partial charge is 0.290 e. The summed E-state index contributed by atoms with van der Waals surface area (Å²) in [4.78, 5) is 27.1. The van der Waals surface area contributed by atoms with Crippen LogP contribution in [0, 0.1) is 0 Å². The molecule has 1 aliphatic rings. The number of rotatable bonds is 9. The molecule has 1 atom stereocenters. The van der Waals surface area contributed by atoms with Gasteiger partial charge in [0.05, 0.1) is 24.5 Å². The van der Waals surface area contributed by atoms with Gasteiger partial charge in [0.1, 0.15) is 5.75 Å². The summed E-state index contributed by atoms with van der Waals surface area (Å²) in [6.45, 7) is 5.11. The quantitative estimate of drug-likeness (QED) is 0.511. The molecule has 1 aromatic heterocycles. The predicted octanol–water partition coefficient (Wildman–Crippen LogP) is 4.45. The van der Waals surface area contributed by atoms with Crippen LogP contribution in [0.2, 0.25) is 0 Å². The monoisotopic (exact) mass is 383 g/mol. The maximum absolute atomic E-state index is 12.9. The van der Waals surface area contributed by atoms with Gasteiger partial charge in [-0.15, -0.1) is 0 Å². The fourth-order valence-corrected chi connectivity index (χ4v) is 3.32. The molecule has 0 radical (unpaired) electrons. The molecule has 0 bridgehead atoms. The molecule has 6 heteroatoms. The first-order chi connectivity index (χ1) is 13.6. The van der Waals surface area contributed by atoms with Crippen molar-refractivity contribution >= 4 is 11.7 Å². The number of ketones is 1. The second kappa shape index (κ2) is 8.78. The average molecular weight is 383 g/mol. The summed E-state index contributed by atoms with van der Waals surface area (Å²) in [6.07, 6.45) is 4.12. The van der Waals surface area contributed by atoms with Gasteiger partial charge in [0.15, 0.2) is 11.5 Å². The maximum atomic E-state index is 12.9. The van der Waals surface area contributed by atoms with Crippen LogP contribution in [0.25, 0.3) is 0 Å². The fraction of sp³-hybridized carbons (Fsp3) is 0.364. The van der Waals surface area contributed by atoms with E-state index in [0.29, 0.717) is 19.6 Å². The minimum absolute atomic E-state index is 0.0491. The summed E-state index contributed by atoms with van der Waals surface area (Å²) in [6, 6.07) is 9.77. The standard InChI is InChI=1S/C22H25NO5/c1-3-5-13-27-16-10-8-15(9-11-16)19-18(20(24)17-7-6-14-28-17)21(25)22(26)23(19)12-4-2/h6-11,14,19,25H,3-5,12-13H2,1-2H3. The highest BCUT2D eigenvalue weighted by molar-refractivity contribution is 6.15. The van der Waals surface area contributed by atoms with Crippen LogP contribution in [0.1, 0.15) is 55.3 Å². The van der Waals surface area contributed by atoms with E-state index in [1.807, 2.05) is 31.2 Å². The van der Waals surface area contributed by atoms with Crippen LogP contribution in [0.4, 0.5) is 0 Å². The molecule has 28 heavy (non-hydrogen) atoms. The lowest BCUT2D eigenvalue weighted by atomic mass is 9.95. The SMILES string of the molecule is CCCCOc1ccc(C2C(C(=O)c3ccco3)=C(O)C(=O)N2CCC)cc1. The largest absolute Gasteiger partial charge is 0.503 e. The Labute approximate surface area is 164 Å². The van der Waals surface area contributed by atoms with E-state index in [-0.39, 0.29) is 11.3 Å². The molecule has 3 rings (SSSR count). The van der Waals surface area contributed by atoms with Gasteiger partial charge in [-0.1, -0.05) is 32.4 Å². The Hall–Kier alpha value is -3.02. The van der Waals surface area contributed by atoms with Gasteiger partial charge in [-0.2, -0.15) is 0 Å². The van der Waals surface area contributed by atoms with E-state index < -0.39 is 23.5 Å². The van der Waals surface area contributed by atoms with Crippen molar-refractivity contribution in [2.75, 3.05) is 13.2 Å². The number of Topliss-reactive ketones (excluding diaryl/α,β-unsaturated/α-hetero) is 1. The molecule has 1 aromatic carbocycles. The first-order valence-corrected chi connectivity index (χ1v) is 9.63. The maximum Gasteiger partial charge on any atom is 0.290 e. The van der Waals surface area contributed by atoms with E-state index in [2.05, 4.69) is 6.92 Å². The minimum Gasteiger partial charge on any atom is -0.503 e. The van der Waals surface area contributed by atoms with Crippen molar-refractivity contribution in [2.45, 2.75) is 39.2 Å². The number of nitrogens with zero attached hydrogens (tertiary/aromatic N) is 1. The highest BCUT2D eigenvalue weighted by atomic mass is 16.5. The number of furan rings is 1. The molecule has 1 aliphatic heterocycles. The van der Waals surface area contributed by atoms with Gasteiger partial charge < -0.3 is 19.2 Å². The van der Waals surface area contributed by atoms with E-state index in [4.69, 9.17) is 9.15 Å². The van der Waals surface area contributed by atoms with Crippen LogP contribution >= 0.6 is 0 Å². The van der Waals surface area contributed by atoms with Gasteiger partial charge >= 0.3 is 0 Å². The van der Waals surface area contributed by atoms with Gasteiger partial charge in [-0.3, -0.25) is 9.59 Å². The number of aliphatic hydroxyl groups is 1. The van der Waals surface area contributed by atoms with Gasteiger partial charge in [-0.05, 0) is 42.7 Å². The Morgan fingerprint density at radius 2 is 1.93 bits per heavy atom. The Morgan fingerprint density at radius 1 is 1.18 bits per heavy atom. The van der Waals surface area contributed by atoms with Crippen molar-refractivity contribution in [3.8, 4) is 5.75 Å². The number of carbonyl (C=O) groups excluding carboxylic acids is 2. The van der Waals surface area contributed by atoms with Gasteiger partial charge in [0.25, 0.3) is 5.91 Å².